The van der Waals surface area contributed by atoms with Crippen LogP contribution in [0.5, 0.6) is 11.5 Å². The van der Waals surface area contributed by atoms with E-state index in [1.807, 2.05) is 6.92 Å². The zero-order chi connectivity index (χ0) is 18.7. The third kappa shape index (κ3) is 3.72. The summed E-state index contributed by atoms with van der Waals surface area (Å²) in [6.07, 6.45) is 1.26. The Labute approximate surface area is 153 Å². The molecule has 1 saturated heterocycles. The topological polar surface area (TPSA) is 66.8 Å². The van der Waals surface area contributed by atoms with Crippen molar-refractivity contribution < 1.29 is 19.4 Å². The van der Waals surface area contributed by atoms with Crippen molar-refractivity contribution in [2.45, 2.75) is 19.8 Å². The molecule has 136 valence electrons. The molecule has 0 aromatic heterocycles. The minimum absolute atomic E-state index is 0.00275. The normalized spacial score (nSPS) is 14.9. The van der Waals surface area contributed by atoms with E-state index in [1.165, 1.54) is 0 Å². The standard InChI is InChI=1S/C21H23NO4/c1-14-3-8-19(23)18(13-14)21(25)22-11-9-16(10-12-22)20(24)15-4-6-17(26-2)7-5-15/h3-8,13,16,23H,9-12H2,1-2H3. The van der Waals surface area contributed by atoms with E-state index in [-0.39, 0.29) is 23.4 Å². The fraction of sp³-hybridized carbons (Fsp3) is 0.333. The Balaban J connectivity index is 1.64. The first kappa shape index (κ1) is 18.0. The van der Waals surface area contributed by atoms with Crippen LogP contribution in [-0.2, 0) is 0 Å². The number of rotatable bonds is 4. The Hall–Kier alpha value is -2.82. The largest absolute Gasteiger partial charge is 0.507 e. The molecule has 0 radical (unpaired) electrons. The van der Waals surface area contributed by atoms with Gasteiger partial charge in [-0.25, -0.2) is 0 Å². The lowest BCUT2D eigenvalue weighted by molar-refractivity contribution is 0.0647. The first-order valence-corrected chi connectivity index (χ1v) is 8.76. The van der Waals surface area contributed by atoms with Gasteiger partial charge in [0.05, 0.1) is 12.7 Å². The van der Waals surface area contributed by atoms with Crippen LogP contribution < -0.4 is 4.74 Å². The molecule has 5 heteroatoms. The Bertz CT molecular complexity index is 805. The molecule has 0 aliphatic carbocycles. The van der Waals surface area contributed by atoms with Crippen molar-refractivity contribution in [3.8, 4) is 11.5 Å². The maximum absolute atomic E-state index is 12.7. The highest BCUT2D eigenvalue weighted by Gasteiger charge is 2.29. The maximum atomic E-state index is 12.7. The number of carbonyl (C=O) groups is 2. The van der Waals surface area contributed by atoms with Gasteiger partial charge in [-0.05, 0) is 56.2 Å². The summed E-state index contributed by atoms with van der Waals surface area (Å²) in [7, 11) is 1.59. The second-order valence-corrected chi connectivity index (χ2v) is 6.68. The lowest BCUT2D eigenvalue weighted by Gasteiger charge is -2.31. The number of hydrogen-bond acceptors (Lipinski definition) is 4. The van der Waals surface area contributed by atoms with Crippen molar-refractivity contribution in [2.24, 2.45) is 5.92 Å². The van der Waals surface area contributed by atoms with Crippen LogP contribution in [0.4, 0.5) is 0 Å². The number of hydrogen-bond donors (Lipinski definition) is 1. The number of ether oxygens (including phenoxy) is 1. The van der Waals surface area contributed by atoms with Crippen LogP contribution in [0.3, 0.4) is 0 Å². The van der Waals surface area contributed by atoms with E-state index in [1.54, 1.807) is 54.5 Å². The lowest BCUT2D eigenvalue weighted by Crippen LogP contribution is -2.40. The predicted molar refractivity (Wildman–Crippen MR) is 98.8 cm³/mol. The van der Waals surface area contributed by atoms with Gasteiger partial charge in [0.2, 0.25) is 0 Å². The molecule has 1 aliphatic rings. The molecule has 3 rings (SSSR count). The van der Waals surface area contributed by atoms with Crippen molar-refractivity contribution in [3.05, 3.63) is 59.2 Å². The highest BCUT2D eigenvalue weighted by Crippen LogP contribution is 2.26. The molecule has 26 heavy (non-hydrogen) atoms. The molecule has 5 nitrogen and oxygen atoms in total. The van der Waals surface area contributed by atoms with Crippen LogP contribution >= 0.6 is 0 Å². The molecule has 1 fully saturated rings. The number of benzene rings is 2. The number of nitrogens with zero attached hydrogens (tertiary/aromatic N) is 1. The Morgan fingerprint density at radius 1 is 1.08 bits per heavy atom. The van der Waals surface area contributed by atoms with Crippen LogP contribution in [-0.4, -0.2) is 41.9 Å². The van der Waals surface area contributed by atoms with E-state index >= 15 is 0 Å². The van der Waals surface area contributed by atoms with Crippen LogP contribution in [0, 0.1) is 12.8 Å². The minimum atomic E-state index is -0.179. The quantitative estimate of drug-likeness (QED) is 0.855. The Kier molecular flexibility index (Phi) is 5.26. The zero-order valence-electron chi connectivity index (χ0n) is 15.1. The van der Waals surface area contributed by atoms with Gasteiger partial charge in [0, 0.05) is 24.6 Å². The summed E-state index contributed by atoms with van der Waals surface area (Å²) in [5.74, 6) is 0.565. The second kappa shape index (κ2) is 7.60. The number of carbonyl (C=O) groups excluding carboxylic acids is 2. The van der Waals surface area contributed by atoms with Crippen molar-refractivity contribution in [2.75, 3.05) is 20.2 Å². The molecular formula is C21H23NO4. The fourth-order valence-electron chi connectivity index (χ4n) is 3.33. The number of Topliss-reactive ketones (excluding diaryl/α,β-unsaturated/α-hetero) is 1. The summed E-state index contributed by atoms with van der Waals surface area (Å²) in [5, 5.41) is 9.96. The maximum Gasteiger partial charge on any atom is 0.257 e. The first-order chi connectivity index (χ1) is 12.5. The van der Waals surface area contributed by atoms with E-state index in [9.17, 15) is 14.7 Å². The summed E-state index contributed by atoms with van der Waals surface area (Å²) in [6.45, 7) is 2.91. The summed E-state index contributed by atoms with van der Waals surface area (Å²) < 4.78 is 5.12. The highest BCUT2D eigenvalue weighted by molar-refractivity contribution is 5.99. The summed E-state index contributed by atoms with van der Waals surface area (Å²) in [4.78, 5) is 27.0. The molecule has 1 N–H and O–H groups in total. The van der Waals surface area contributed by atoms with Gasteiger partial charge >= 0.3 is 0 Å². The third-order valence-electron chi connectivity index (χ3n) is 4.91. The van der Waals surface area contributed by atoms with E-state index in [0.717, 1.165) is 11.3 Å². The average Bonchev–Trinajstić information content (AvgIpc) is 2.69. The molecule has 0 bridgehead atoms. The fourth-order valence-corrected chi connectivity index (χ4v) is 3.33. The van der Waals surface area contributed by atoms with Gasteiger partial charge in [-0.3, -0.25) is 9.59 Å². The SMILES string of the molecule is COc1ccc(C(=O)C2CCN(C(=O)c3cc(C)ccc3O)CC2)cc1. The molecular weight excluding hydrogens is 330 g/mol. The Morgan fingerprint density at radius 3 is 2.35 bits per heavy atom. The Morgan fingerprint density at radius 2 is 1.73 bits per heavy atom. The van der Waals surface area contributed by atoms with Crippen LogP contribution in [0.2, 0.25) is 0 Å². The van der Waals surface area contributed by atoms with Gasteiger partial charge < -0.3 is 14.7 Å². The average molecular weight is 353 g/mol. The van der Waals surface area contributed by atoms with Gasteiger partial charge in [-0.15, -0.1) is 0 Å². The van der Waals surface area contributed by atoms with Crippen LogP contribution in [0.1, 0.15) is 39.1 Å². The van der Waals surface area contributed by atoms with Gasteiger partial charge in [-0.2, -0.15) is 0 Å². The molecule has 2 aromatic carbocycles. The first-order valence-electron chi connectivity index (χ1n) is 8.76. The van der Waals surface area contributed by atoms with Gasteiger partial charge in [-0.1, -0.05) is 11.6 Å². The highest BCUT2D eigenvalue weighted by atomic mass is 16.5. The van der Waals surface area contributed by atoms with E-state index in [4.69, 9.17) is 4.74 Å². The second-order valence-electron chi connectivity index (χ2n) is 6.68. The molecule has 0 spiro atoms. The van der Waals surface area contributed by atoms with Crippen molar-refractivity contribution in [3.63, 3.8) is 0 Å². The van der Waals surface area contributed by atoms with Crippen molar-refractivity contribution >= 4 is 11.7 Å². The lowest BCUT2D eigenvalue weighted by atomic mass is 9.88. The summed E-state index contributed by atoms with van der Waals surface area (Å²) in [6, 6.07) is 12.1. The number of aromatic hydroxyl groups is 1. The number of ketones is 1. The minimum Gasteiger partial charge on any atom is -0.507 e. The number of methoxy groups -OCH3 is 1. The number of phenols is 1. The third-order valence-corrected chi connectivity index (χ3v) is 4.91. The van der Waals surface area contributed by atoms with Gasteiger partial charge in [0.25, 0.3) is 5.91 Å². The number of piperidine rings is 1. The molecule has 1 aliphatic heterocycles. The summed E-state index contributed by atoms with van der Waals surface area (Å²) in [5.41, 5.74) is 1.92. The van der Waals surface area contributed by atoms with E-state index in [0.29, 0.717) is 37.1 Å². The van der Waals surface area contributed by atoms with Crippen molar-refractivity contribution in [1.29, 1.82) is 0 Å². The number of phenolic OH excluding ortho intramolecular Hbond substituents is 1. The molecule has 1 heterocycles. The monoisotopic (exact) mass is 353 g/mol. The van der Waals surface area contributed by atoms with Crippen molar-refractivity contribution in [1.82, 2.24) is 4.90 Å². The number of likely N-dealkylation sites (tertiary alicyclic amines) is 1. The van der Waals surface area contributed by atoms with Gasteiger partial charge in [0.1, 0.15) is 11.5 Å². The smallest absolute Gasteiger partial charge is 0.257 e. The zero-order valence-corrected chi connectivity index (χ0v) is 15.1. The van der Waals surface area contributed by atoms with E-state index in [2.05, 4.69) is 0 Å². The molecule has 1 amide bonds. The number of amides is 1. The molecule has 0 unspecified atom stereocenters. The van der Waals surface area contributed by atoms with Crippen LogP contribution in [0.15, 0.2) is 42.5 Å². The van der Waals surface area contributed by atoms with Crippen LogP contribution in [0.25, 0.3) is 0 Å². The summed E-state index contributed by atoms with van der Waals surface area (Å²) >= 11 is 0. The molecule has 0 saturated carbocycles. The van der Waals surface area contributed by atoms with E-state index < -0.39 is 0 Å². The predicted octanol–water partition coefficient (Wildman–Crippen LogP) is 3.44. The molecule has 2 aromatic rings. The van der Waals surface area contributed by atoms with Gasteiger partial charge in [0.15, 0.2) is 5.78 Å². The molecule has 0 atom stereocenters. The number of aryl methyl sites for hydroxylation is 1.